The molecule has 0 fully saturated rings. The highest BCUT2D eigenvalue weighted by Gasteiger charge is 2.20. The van der Waals surface area contributed by atoms with Gasteiger partial charge in [-0.2, -0.15) is 0 Å². The smallest absolute Gasteiger partial charge is 0.00201 e. The maximum absolute atomic E-state index is 2.40. The van der Waals surface area contributed by atoms with E-state index in [-0.39, 0.29) is 0 Å². The Balaban J connectivity index is 0.879. The Bertz CT molecular complexity index is 4290. The van der Waals surface area contributed by atoms with E-state index in [0.717, 1.165) is 0 Å². The van der Waals surface area contributed by atoms with Crippen LogP contribution in [0, 0.1) is 0 Å². The van der Waals surface area contributed by atoms with Crippen LogP contribution in [0.15, 0.2) is 267 Å². The van der Waals surface area contributed by atoms with Crippen molar-refractivity contribution >= 4 is 75.4 Å². The summed E-state index contributed by atoms with van der Waals surface area (Å²) in [5.74, 6) is 0. The first-order valence-corrected chi connectivity index (χ1v) is 24.3. The normalized spacial score (nSPS) is 11.7. The minimum Gasteiger partial charge on any atom is -0.0616 e. The Morgan fingerprint density at radius 3 is 0.914 bits per heavy atom. The van der Waals surface area contributed by atoms with Gasteiger partial charge < -0.3 is 0 Å². The maximum Gasteiger partial charge on any atom is -0.00201 e. The third kappa shape index (κ3) is 6.38. The van der Waals surface area contributed by atoms with Crippen LogP contribution in [0.3, 0.4) is 0 Å². The number of hydrogen-bond donors (Lipinski definition) is 0. The molecule has 0 aliphatic carbocycles. The van der Waals surface area contributed by atoms with E-state index in [1.54, 1.807) is 0 Å². The molecule has 0 nitrogen and oxygen atoms in total. The Labute approximate surface area is 407 Å². The van der Waals surface area contributed by atoms with Gasteiger partial charge in [-0.25, -0.2) is 0 Å². The lowest BCUT2D eigenvalue weighted by Gasteiger charge is -2.19. The zero-order chi connectivity index (χ0) is 46.1. The molecule has 0 amide bonds. The molecule has 0 radical (unpaired) electrons. The van der Waals surface area contributed by atoms with Crippen molar-refractivity contribution < 1.29 is 0 Å². The van der Waals surface area contributed by atoms with Crippen molar-refractivity contribution in [2.75, 3.05) is 0 Å². The molecule has 0 saturated heterocycles. The summed E-state index contributed by atoms with van der Waals surface area (Å²) in [6.07, 6.45) is 0. The molecule has 0 aliphatic heterocycles. The van der Waals surface area contributed by atoms with Crippen LogP contribution in [0.25, 0.3) is 142 Å². The highest BCUT2D eigenvalue weighted by atomic mass is 14.2. The molecule has 0 aromatic heterocycles. The van der Waals surface area contributed by atoms with Gasteiger partial charge in [0, 0.05) is 0 Å². The van der Waals surface area contributed by atoms with Gasteiger partial charge in [0.25, 0.3) is 0 Å². The van der Waals surface area contributed by atoms with Crippen LogP contribution in [-0.2, 0) is 0 Å². The average molecular weight is 885 g/mol. The van der Waals surface area contributed by atoms with Crippen molar-refractivity contribution in [2.24, 2.45) is 0 Å². The summed E-state index contributed by atoms with van der Waals surface area (Å²) >= 11 is 0. The summed E-state index contributed by atoms with van der Waals surface area (Å²) in [6.45, 7) is 0. The first-order chi connectivity index (χ1) is 34.7. The fourth-order valence-electron chi connectivity index (χ4n) is 11.8. The second-order valence-corrected chi connectivity index (χ2v) is 18.6. The summed E-state index contributed by atoms with van der Waals surface area (Å²) in [7, 11) is 0. The lowest BCUT2D eigenvalue weighted by molar-refractivity contribution is 1.61. The second kappa shape index (κ2) is 16.3. The van der Waals surface area contributed by atoms with Crippen LogP contribution < -0.4 is 0 Å². The van der Waals surface area contributed by atoms with E-state index in [9.17, 15) is 0 Å². The van der Waals surface area contributed by atoms with E-state index in [1.165, 1.54) is 142 Å². The molecule has 14 rings (SSSR count). The summed E-state index contributed by atoms with van der Waals surface area (Å²) < 4.78 is 0. The molecule has 0 heterocycles. The van der Waals surface area contributed by atoms with Crippen molar-refractivity contribution in [3.8, 4) is 66.8 Å². The van der Waals surface area contributed by atoms with Gasteiger partial charge in [-0.3, -0.25) is 0 Å². The molecule has 0 spiro atoms. The Kier molecular flexibility index (Phi) is 9.32. The predicted octanol–water partition coefficient (Wildman–Crippen LogP) is 19.8. The standard InChI is InChI=1S/C70H44/c1-3-27-53-45(18-1)20-15-38-57(53)69-63-33-9-5-29-59(63)67(60-30-6-10-34-64(60)69)51-25-13-22-47(43-51)48-40-41-56-49(42-48)24-17-37-55(56)50-23-14-26-52(44-50)68-61-31-7-11-35-65(61)70(66-36-12-8-32-62(66)68)58-39-16-21-46-19-2-4-28-54(46)58/h1-44H. The minimum atomic E-state index is 1.20. The molecule has 0 heteroatoms. The van der Waals surface area contributed by atoms with E-state index in [4.69, 9.17) is 0 Å². The number of rotatable bonds is 6. The van der Waals surface area contributed by atoms with Gasteiger partial charge in [0.15, 0.2) is 0 Å². The lowest BCUT2D eigenvalue weighted by Crippen LogP contribution is -1.92. The van der Waals surface area contributed by atoms with E-state index >= 15 is 0 Å². The average Bonchev–Trinajstić information content (AvgIpc) is 3.43. The number of benzene rings is 14. The fraction of sp³-hybridized carbons (Fsp3) is 0. The van der Waals surface area contributed by atoms with E-state index in [1.807, 2.05) is 0 Å². The molecule has 0 bridgehead atoms. The maximum atomic E-state index is 2.40. The Hall–Kier alpha value is -9.10. The van der Waals surface area contributed by atoms with E-state index < -0.39 is 0 Å². The Morgan fingerprint density at radius 1 is 0.143 bits per heavy atom. The summed E-state index contributed by atoms with van der Waals surface area (Å²) in [5, 5.41) is 17.6. The molecule has 0 N–H and O–H groups in total. The third-order valence-corrected chi connectivity index (χ3v) is 14.8. The topological polar surface area (TPSA) is 0 Å². The predicted molar refractivity (Wildman–Crippen MR) is 302 cm³/mol. The van der Waals surface area contributed by atoms with Crippen molar-refractivity contribution in [1.29, 1.82) is 0 Å². The summed E-state index contributed by atoms with van der Waals surface area (Å²) in [4.78, 5) is 0. The molecule has 0 saturated carbocycles. The molecule has 324 valence electrons. The van der Waals surface area contributed by atoms with Gasteiger partial charge in [0.2, 0.25) is 0 Å². The van der Waals surface area contributed by atoms with Crippen molar-refractivity contribution in [3.63, 3.8) is 0 Å². The molecular weight excluding hydrogens is 841 g/mol. The van der Waals surface area contributed by atoms with Gasteiger partial charge in [-0.05, 0) is 160 Å². The van der Waals surface area contributed by atoms with Crippen LogP contribution in [0.5, 0.6) is 0 Å². The van der Waals surface area contributed by atoms with Gasteiger partial charge in [-0.15, -0.1) is 0 Å². The zero-order valence-corrected chi connectivity index (χ0v) is 38.4. The van der Waals surface area contributed by atoms with Gasteiger partial charge in [-0.1, -0.05) is 249 Å². The second-order valence-electron chi connectivity index (χ2n) is 18.6. The highest BCUT2D eigenvalue weighted by Crippen LogP contribution is 2.48. The van der Waals surface area contributed by atoms with E-state index in [2.05, 4.69) is 267 Å². The number of fused-ring (bicyclic) bond motifs is 7. The van der Waals surface area contributed by atoms with Crippen molar-refractivity contribution in [2.45, 2.75) is 0 Å². The molecule has 0 aliphatic rings. The monoisotopic (exact) mass is 884 g/mol. The Morgan fingerprint density at radius 2 is 0.443 bits per heavy atom. The van der Waals surface area contributed by atoms with Crippen LogP contribution in [0.2, 0.25) is 0 Å². The summed E-state index contributed by atoms with van der Waals surface area (Å²) in [6, 6.07) is 98.9. The molecule has 70 heavy (non-hydrogen) atoms. The third-order valence-electron chi connectivity index (χ3n) is 14.8. The van der Waals surface area contributed by atoms with Crippen LogP contribution >= 0.6 is 0 Å². The molecular formula is C70H44. The van der Waals surface area contributed by atoms with Crippen molar-refractivity contribution in [1.82, 2.24) is 0 Å². The van der Waals surface area contributed by atoms with Gasteiger partial charge >= 0.3 is 0 Å². The molecule has 14 aromatic carbocycles. The SMILES string of the molecule is c1cc(-c2ccc3c(-c4cccc(-c5c6ccccc6c(-c6cccc7ccccc67)c6ccccc56)c4)cccc3c2)cc(-c2c3ccccc3c(-c3cccc4ccccc34)c3ccccc23)c1. The summed E-state index contributed by atoms with van der Waals surface area (Å²) in [5.41, 5.74) is 14.9. The first kappa shape index (κ1) is 40.0. The molecule has 14 aromatic rings. The number of hydrogen-bond acceptors (Lipinski definition) is 0. The fourth-order valence-corrected chi connectivity index (χ4v) is 11.8. The zero-order valence-electron chi connectivity index (χ0n) is 38.4. The first-order valence-electron chi connectivity index (χ1n) is 24.3. The van der Waals surface area contributed by atoms with E-state index in [0.29, 0.717) is 0 Å². The van der Waals surface area contributed by atoms with Crippen LogP contribution in [-0.4, -0.2) is 0 Å². The van der Waals surface area contributed by atoms with Gasteiger partial charge in [0.1, 0.15) is 0 Å². The van der Waals surface area contributed by atoms with Gasteiger partial charge in [0.05, 0.1) is 0 Å². The van der Waals surface area contributed by atoms with Crippen LogP contribution in [0.4, 0.5) is 0 Å². The minimum absolute atomic E-state index is 1.20. The van der Waals surface area contributed by atoms with Crippen LogP contribution in [0.1, 0.15) is 0 Å². The molecule has 0 atom stereocenters. The quantitative estimate of drug-likeness (QED) is 0.146. The largest absolute Gasteiger partial charge is 0.0616 e. The molecule has 0 unspecified atom stereocenters. The lowest BCUT2D eigenvalue weighted by atomic mass is 9.84. The van der Waals surface area contributed by atoms with Crippen molar-refractivity contribution in [3.05, 3.63) is 267 Å². The highest BCUT2D eigenvalue weighted by molar-refractivity contribution is 6.25.